The highest BCUT2D eigenvalue weighted by molar-refractivity contribution is 5.89. The number of hydrogen-bond acceptors (Lipinski definition) is 3. The molecule has 0 aliphatic rings. The summed E-state index contributed by atoms with van der Waals surface area (Å²) in [7, 11) is 0. The third-order valence-corrected chi connectivity index (χ3v) is 2.55. The molecular formula is C16H19NO4. The molecule has 0 aromatic heterocycles. The number of ether oxygens (including phenoxy) is 1. The number of benzene rings is 2. The molecule has 0 unspecified atom stereocenters. The molecule has 2 aromatic carbocycles. The molecule has 5 nitrogen and oxygen atoms in total. The Morgan fingerprint density at radius 1 is 1.10 bits per heavy atom. The second-order valence-electron chi connectivity index (χ2n) is 3.94. The van der Waals surface area contributed by atoms with Crippen molar-refractivity contribution < 1.29 is 19.4 Å². The summed E-state index contributed by atoms with van der Waals surface area (Å²) in [5, 5.41) is 12.6. The van der Waals surface area contributed by atoms with Crippen molar-refractivity contribution in [1.82, 2.24) is 5.32 Å². The first kappa shape index (κ1) is 16.5. The van der Waals surface area contributed by atoms with E-state index in [9.17, 15) is 9.59 Å². The molecule has 5 heteroatoms. The van der Waals surface area contributed by atoms with Gasteiger partial charge in [-0.3, -0.25) is 9.59 Å². The molecule has 21 heavy (non-hydrogen) atoms. The first-order chi connectivity index (χ1) is 10.2. The summed E-state index contributed by atoms with van der Waals surface area (Å²) in [6.07, 6.45) is 0. The predicted octanol–water partition coefficient (Wildman–Crippen LogP) is 2.45. The Morgan fingerprint density at radius 3 is 2.48 bits per heavy atom. The van der Waals surface area contributed by atoms with Gasteiger partial charge in [-0.1, -0.05) is 50.2 Å². The largest absolute Gasteiger partial charge is 0.483 e. The number of amides is 1. The summed E-state index contributed by atoms with van der Waals surface area (Å²) in [5.41, 5.74) is 0. The van der Waals surface area contributed by atoms with E-state index in [0.717, 1.165) is 10.8 Å². The first-order valence-corrected chi connectivity index (χ1v) is 6.76. The van der Waals surface area contributed by atoms with Crippen molar-refractivity contribution in [3.8, 4) is 5.75 Å². The van der Waals surface area contributed by atoms with E-state index >= 15 is 0 Å². The maximum absolute atomic E-state index is 11.4. The van der Waals surface area contributed by atoms with E-state index in [1.807, 2.05) is 50.2 Å². The average molecular weight is 289 g/mol. The standard InChI is InChI=1S/C14H13NO4.C2H6/c16-13(15-8-14(17)18)9-19-12-7-3-5-10-4-1-2-6-11(10)12;1-2/h1-7H,8-9H2,(H,15,16)(H,17,18);1-2H3. The van der Waals surface area contributed by atoms with Crippen molar-refractivity contribution in [3.05, 3.63) is 42.5 Å². The molecule has 2 N–H and O–H groups in total. The Hall–Kier alpha value is -2.56. The van der Waals surface area contributed by atoms with Gasteiger partial charge in [0.25, 0.3) is 5.91 Å². The fourth-order valence-electron chi connectivity index (χ4n) is 1.69. The SMILES string of the molecule is CC.O=C(O)CNC(=O)COc1cccc2ccccc12. The number of rotatable bonds is 5. The van der Waals surface area contributed by atoms with Crippen molar-refractivity contribution in [2.45, 2.75) is 13.8 Å². The minimum atomic E-state index is -1.08. The van der Waals surface area contributed by atoms with Crippen LogP contribution in [-0.2, 0) is 9.59 Å². The number of carboxylic acid groups (broad SMARTS) is 1. The molecule has 0 spiro atoms. The van der Waals surface area contributed by atoms with E-state index in [1.165, 1.54) is 0 Å². The molecule has 0 radical (unpaired) electrons. The highest BCUT2D eigenvalue weighted by Crippen LogP contribution is 2.24. The van der Waals surface area contributed by atoms with Gasteiger partial charge in [-0.2, -0.15) is 0 Å². The Bertz CT molecular complexity index is 605. The molecular weight excluding hydrogens is 270 g/mol. The van der Waals surface area contributed by atoms with Gasteiger partial charge in [0, 0.05) is 5.39 Å². The van der Waals surface area contributed by atoms with Gasteiger partial charge < -0.3 is 15.2 Å². The van der Waals surface area contributed by atoms with Crippen LogP contribution in [0.4, 0.5) is 0 Å². The van der Waals surface area contributed by atoms with Crippen LogP contribution in [0.2, 0.25) is 0 Å². The summed E-state index contributed by atoms with van der Waals surface area (Å²) in [5.74, 6) is -0.947. The molecule has 0 bridgehead atoms. The van der Waals surface area contributed by atoms with Crippen LogP contribution in [0.3, 0.4) is 0 Å². The van der Waals surface area contributed by atoms with E-state index in [0.29, 0.717) is 5.75 Å². The zero-order valence-electron chi connectivity index (χ0n) is 12.1. The zero-order chi connectivity index (χ0) is 15.7. The molecule has 0 aliphatic carbocycles. The van der Waals surface area contributed by atoms with Crippen LogP contribution in [0.5, 0.6) is 5.75 Å². The van der Waals surface area contributed by atoms with E-state index < -0.39 is 18.4 Å². The van der Waals surface area contributed by atoms with Crippen LogP contribution >= 0.6 is 0 Å². The van der Waals surface area contributed by atoms with Gasteiger partial charge in [0.2, 0.25) is 0 Å². The van der Waals surface area contributed by atoms with E-state index in [-0.39, 0.29) is 6.61 Å². The summed E-state index contributed by atoms with van der Waals surface area (Å²) in [6, 6.07) is 13.2. The molecule has 0 heterocycles. The van der Waals surface area contributed by atoms with Gasteiger partial charge in [-0.25, -0.2) is 0 Å². The van der Waals surface area contributed by atoms with Gasteiger partial charge in [0.05, 0.1) is 0 Å². The summed E-state index contributed by atoms with van der Waals surface area (Å²) >= 11 is 0. The summed E-state index contributed by atoms with van der Waals surface area (Å²) in [6.45, 7) is 3.39. The van der Waals surface area contributed by atoms with Gasteiger partial charge in [-0.05, 0) is 11.5 Å². The second kappa shape index (κ2) is 8.58. The number of carbonyl (C=O) groups excluding carboxylic acids is 1. The minimum Gasteiger partial charge on any atom is -0.483 e. The predicted molar refractivity (Wildman–Crippen MR) is 81.4 cm³/mol. The molecule has 2 rings (SSSR count). The lowest BCUT2D eigenvalue weighted by Gasteiger charge is -2.08. The van der Waals surface area contributed by atoms with Crippen LogP contribution in [0.15, 0.2) is 42.5 Å². The molecule has 1 amide bonds. The highest BCUT2D eigenvalue weighted by Gasteiger charge is 2.06. The average Bonchev–Trinajstić information content (AvgIpc) is 2.52. The number of carboxylic acids is 1. The normalized spacial score (nSPS) is 9.43. The lowest BCUT2D eigenvalue weighted by atomic mass is 10.1. The summed E-state index contributed by atoms with van der Waals surface area (Å²) in [4.78, 5) is 21.7. The molecule has 0 aliphatic heterocycles. The third kappa shape index (κ3) is 5.14. The Kier molecular flexibility index (Phi) is 6.74. The number of carbonyl (C=O) groups is 2. The third-order valence-electron chi connectivity index (χ3n) is 2.55. The zero-order valence-corrected chi connectivity index (χ0v) is 12.1. The monoisotopic (exact) mass is 289 g/mol. The Balaban J connectivity index is 0.00000106. The van der Waals surface area contributed by atoms with Gasteiger partial charge >= 0.3 is 5.97 Å². The van der Waals surface area contributed by atoms with Crippen LogP contribution < -0.4 is 10.1 Å². The number of aliphatic carboxylic acids is 1. The number of fused-ring (bicyclic) bond motifs is 1. The molecule has 0 fully saturated rings. The number of nitrogens with one attached hydrogen (secondary N) is 1. The fraction of sp³-hybridized carbons (Fsp3) is 0.250. The maximum atomic E-state index is 11.4. The lowest BCUT2D eigenvalue weighted by Crippen LogP contribution is -2.33. The first-order valence-electron chi connectivity index (χ1n) is 6.76. The van der Waals surface area contributed by atoms with Crippen LogP contribution in [-0.4, -0.2) is 30.1 Å². The molecule has 0 saturated heterocycles. The van der Waals surface area contributed by atoms with Crippen molar-refractivity contribution >= 4 is 22.6 Å². The Labute approximate surface area is 123 Å². The van der Waals surface area contributed by atoms with Crippen molar-refractivity contribution in [2.24, 2.45) is 0 Å². The van der Waals surface area contributed by atoms with Crippen molar-refractivity contribution in [3.63, 3.8) is 0 Å². The lowest BCUT2D eigenvalue weighted by molar-refractivity contribution is -0.138. The topological polar surface area (TPSA) is 75.6 Å². The molecule has 112 valence electrons. The van der Waals surface area contributed by atoms with Gasteiger partial charge in [0.15, 0.2) is 6.61 Å². The van der Waals surface area contributed by atoms with Crippen LogP contribution in [0.1, 0.15) is 13.8 Å². The fourth-order valence-corrected chi connectivity index (χ4v) is 1.69. The number of hydrogen-bond donors (Lipinski definition) is 2. The van der Waals surface area contributed by atoms with E-state index in [4.69, 9.17) is 9.84 Å². The highest BCUT2D eigenvalue weighted by atomic mass is 16.5. The van der Waals surface area contributed by atoms with E-state index in [1.54, 1.807) is 6.07 Å². The van der Waals surface area contributed by atoms with Crippen LogP contribution in [0.25, 0.3) is 10.8 Å². The smallest absolute Gasteiger partial charge is 0.322 e. The quantitative estimate of drug-likeness (QED) is 0.886. The molecule has 0 atom stereocenters. The van der Waals surface area contributed by atoms with Gasteiger partial charge in [0.1, 0.15) is 12.3 Å². The van der Waals surface area contributed by atoms with E-state index in [2.05, 4.69) is 5.32 Å². The van der Waals surface area contributed by atoms with Crippen molar-refractivity contribution in [1.29, 1.82) is 0 Å². The molecule has 0 saturated carbocycles. The second-order valence-corrected chi connectivity index (χ2v) is 3.94. The Morgan fingerprint density at radius 2 is 1.76 bits per heavy atom. The van der Waals surface area contributed by atoms with Gasteiger partial charge in [-0.15, -0.1) is 0 Å². The molecule has 2 aromatic rings. The van der Waals surface area contributed by atoms with Crippen LogP contribution in [0, 0.1) is 0 Å². The van der Waals surface area contributed by atoms with Crippen molar-refractivity contribution in [2.75, 3.05) is 13.2 Å². The minimum absolute atomic E-state index is 0.207. The summed E-state index contributed by atoms with van der Waals surface area (Å²) < 4.78 is 5.41. The maximum Gasteiger partial charge on any atom is 0.322 e.